The zero-order chi connectivity index (χ0) is 28.9. The first-order chi connectivity index (χ1) is 18.9. The van der Waals surface area contributed by atoms with Crippen molar-refractivity contribution in [3.8, 4) is 11.5 Å². The first-order valence-corrected chi connectivity index (χ1v) is 14.3. The van der Waals surface area contributed by atoms with Gasteiger partial charge in [-0.1, -0.05) is 48.6 Å². The summed E-state index contributed by atoms with van der Waals surface area (Å²) in [6.45, 7) is 0. The van der Waals surface area contributed by atoms with Gasteiger partial charge in [0.1, 0.15) is 31.7 Å². The molecule has 0 fully saturated rings. The van der Waals surface area contributed by atoms with Crippen LogP contribution in [0.3, 0.4) is 0 Å². The number of nitrogens with zero attached hydrogens (tertiary/aromatic N) is 2. The fraction of sp³-hybridized carbons (Fsp3) is 0. The second-order valence-corrected chi connectivity index (χ2v) is 11.0. The van der Waals surface area contributed by atoms with Crippen LogP contribution in [0.5, 0.6) is 11.5 Å². The molecule has 4 rings (SSSR count). The maximum atomic E-state index is 12.0. The van der Waals surface area contributed by atoms with Crippen molar-refractivity contribution in [2.75, 3.05) is 0 Å². The van der Waals surface area contributed by atoms with Gasteiger partial charge in [-0.2, -0.15) is 0 Å². The van der Waals surface area contributed by atoms with Crippen molar-refractivity contribution in [2.24, 2.45) is 9.98 Å². The van der Waals surface area contributed by atoms with Gasteiger partial charge in [-0.15, -0.1) is 0 Å². The maximum Gasteiger partial charge on any atom is 1.00 e. The molecule has 0 radical (unpaired) electrons. The molecule has 4 aromatic carbocycles. The van der Waals surface area contributed by atoms with Crippen LogP contribution in [0.15, 0.2) is 105 Å². The minimum absolute atomic E-state index is 0. The zero-order valence-electron chi connectivity index (χ0n) is 22.4. The second kappa shape index (κ2) is 16.1. The first-order valence-electron chi connectivity index (χ1n) is 11.4. The molecule has 0 aliphatic carbocycles. The van der Waals surface area contributed by atoms with E-state index in [-0.39, 0.29) is 137 Å². The Morgan fingerprint density at radius 3 is 1.24 bits per heavy atom. The Balaban J connectivity index is 0.00000308. The Morgan fingerprint density at radius 2 is 0.905 bits per heavy atom. The molecule has 204 valence electrons. The molecular weight excluding hydrogens is 635 g/mol. The van der Waals surface area contributed by atoms with Crippen molar-refractivity contribution in [3.63, 3.8) is 0 Å². The van der Waals surface area contributed by atoms with Gasteiger partial charge in [0.05, 0.1) is 21.2 Å². The Bertz CT molecular complexity index is 1750. The molecule has 0 heterocycles. The van der Waals surface area contributed by atoms with Crippen LogP contribution < -0.4 is 103 Å². The molecule has 0 aliphatic rings. The number of phenols is 2. The van der Waals surface area contributed by atoms with Crippen LogP contribution in [0.2, 0.25) is 0 Å². The third-order valence-corrected chi connectivity index (χ3v) is 7.34. The predicted molar refractivity (Wildman–Crippen MR) is 148 cm³/mol. The van der Waals surface area contributed by atoms with Crippen LogP contribution in [0.1, 0.15) is 22.3 Å². The van der Waals surface area contributed by atoms with E-state index in [4.69, 9.17) is 0 Å². The molecular formula is C28H20K2N2O8S2. The molecule has 2 N–H and O–H groups in total. The van der Waals surface area contributed by atoms with Gasteiger partial charge in [-0.3, -0.25) is 9.98 Å². The summed E-state index contributed by atoms with van der Waals surface area (Å²) < 4.78 is 71.8. The van der Waals surface area contributed by atoms with Gasteiger partial charge in [-0.05, 0) is 59.7 Å². The van der Waals surface area contributed by atoms with E-state index in [1.165, 1.54) is 61.0 Å². The molecule has 0 atom stereocenters. The summed E-state index contributed by atoms with van der Waals surface area (Å²) in [4.78, 5) is 6.98. The molecule has 0 bridgehead atoms. The predicted octanol–water partition coefficient (Wildman–Crippen LogP) is -1.41. The summed E-state index contributed by atoms with van der Waals surface area (Å²) >= 11 is 0. The van der Waals surface area contributed by atoms with Gasteiger partial charge >= 0.3 is 103 Å². The third-order valence-electron chi connectivity index (χ3n) is 5.55. The molecule has 0 saturated heterocycles. The number of aromatic hydroxyl groups is 2. The standard InChI is InChI=1S/C28H22N2O8S2.2K/c31-25-7-3-1-5-21(25)17-29-23-13-11-19(27(15-23)39(33,34)35)9-10-20-12-14-24(16-28(20)40(36,37)38)30-18-22-6-2-4-8-26(22)32;;/h1-18,31-32H,(H,33,34,35)(H,36,37,38);;/q;2*+1/p-2. The first kappa shape index (κ1) is 36.8. The summed E-state index contributed by atoms with van der Waals surface area (Å²) in [6, 6.07) is 20.2. The average molecular weight is 655 g/mol. The fourth-order valence-electron chi connectivity index (χ4n) is 3.58. The molecule has 0 saturated carbocycles. The van der Waals surface area contributed by atoms with Gasteiger partial charge in [-0.25, -0.2) is 16.8 Å². The number of hydrogen-bond donors (Lipinski definition) is 2. The van der Waals surface area contributed by atoms with Crippen LogP contribution in [0.4, 0.5) is 11.4 Å². The monoisotopic (exact) mass is 654 g/mol. The van der Waals surface area contributed by atoms with E-state index in [0.717, 1.165) is 12.1 Å². The molecule has 42 heavy (non-hydrogen) atoms. The van der Waals surface area contributed by atoms with Crippen molar-refractivity contribution in [1.29, 1.82) is 0 Å². The summed E-state index contributed by atoms with van der Waals surface area (Å²) in [5.74, 6) is -0.0805. The van der Waals surface area contributed by atoms with Crippen LogP contribution in [-0.2, 0) is 20.2 Å². The Hall–Kier alpha value is -1.35. The maximum absolute atomic E-state index is 12.0. The van der Waals surface area contributed by atoms with Crippen LogP contribution in [0, 0.1) is 0 Å². The van der Waals surface area contributed by atoms with E-state index in [1.54, 1.807) is 36.4 Å². The molecule has 0 unspecified atom stereocenters. The molecule has 4 aromatic rings. The number of aliphatic imine (C=N–C) groups is 2. The van der Waals surface area contributed by atoms with Crippen molar-refractivity contribution in [3.05, 3.63) is 107 Å². The topological polar surface area (TPSA) is 180 Å². The minimum Gasteiger partial charge on any atom is -0.744 e. The van der Waals surface area contributed by atoms with E-state index in [2.05, 4.69) is 9.98 Å². The quantitative estimate of drug-likeness (QED) is 0.101. The van der Waals surface area contributed by atoms with Gasteiger partial charge < -0.3 is 19.3 Å². The van der Waals surface area contributed by atoms with E-state index in [9.17, 15) is 36.2 Å². The number of benzene rings is 4. The van der Waals surface area contributed by atoms with Crippen LogP contribution >= 0.6 is 0 Å². The van der Waals surface area contributed by atoms with E-state index < -0.39 is 30.0 Å². The molecule has 0 aromatic heterocycles. The Morgan fingerprint density at radius 1 is 0.548 bits per heavy atom. The average Bonchev–Trinajstić information content (AvgIpc) is 2.90. The molecule has 10 nitrogen and oxygen atoms in total. The zero-order valence-corrected chi connectivity index (χ0v) is 30.3. The molecule has 0 amide bonds. The normalized spacial score (nSPS) is 12.0. The SMILES string of the molecule is O=S(=O)([O-])c1cc(N=Cc2ccccc2O)ccc1C=Cc1ccc(N=Cc2ccccc2O)cc1S(=O)(=O)[O-].[K+].[K+]. The molecule has 0 aliphatic heterocycles. The third kappa shape index (κ3) is 10.1. The largest absolute Gasteiger partial charge is 1.00 e. The van der Waals surface area contributed by atoms with Crippen molar-refractivity contribution in [1.82, 2.24) is 0 Å². The number of phenolic OH excluding ortho intramolecular Hbond substituents is 2. The molecule has 0 spiro atoms. The Labute approximate surface area is 328 Å². The number of rotatable bonds is 8. The summed E-state index contributed by atoms with van der Waals surface area (Å²) in [6.07, 6.45) is 4.98. The molecule has 14 heteroatoms. The van der Waals surface area contributed by atoms with Gasteiger partial charge in [0.2, 0.25) is 0 Å². The van der Waals surface area contributed by atoms with Crippen molar-refractivity contribution in [2.45, 2.75) is 9.79 Å². The smallest absolute Gasteiger partial charge is 0.744 e. The second-order valence-electron chi connectivity index (χ2n) is 8.32. The van der Waals surface area contributed by atoms with Crippen molar-refractivity contribution < 1.29 is 139 Å². The van der Waals surface area contributed by atoms with E-state index >= 15 is 0 Å². The number of para-hydroxylation sites is 2. The summed E-state index contributed by atoms with van der Waals surface area (Å²) in [7, 11) is -9.96. The van der Waals surface area contributed by atoms with Gasteiger partial charge in [0.25, 0.3) is 0 Å². The van der Waals surface area contributed by atoms with Crippen LogP contribution in [0.25, 0.3) is 12.2 Å². The summed E-state index contributed by atoms with van der Waals surface area (Å²) in [5, 5.41) is 19.7. The summed E-state index contributed by atoms with van der Waals surface area (Å²) in [5.41, 5.74) is 0.851. The van der Waals surface area contributed by atoms with Gasteiger partial charge in [0.15, 0.2) is 0 Å². The number of hydrogen-bond acceptors (Lipinski definition) is 10. The fourth-order valence-corrected chi connectivity index (χ4v) is 4.96. The van der Waals surface area contributed by atoms with Crippen molar-refractivity contribution >= 4 is 56.2 Å². The van der Waals surface area contributed by atoms with Crippen LogP contribution in [-0.4, -0.2) is 48.6 Å². The van der Waals surface area contributed by atoms with E-state index in [0.29, 0.717) is 11.1 Å². The Kier molecular flexibility index (Phi) is 14.1. The van der Waals surface area contributed by atoms with Gasteiger partial charge in [0, 0.05) is 23.6 Å². The minimum atomic E-state index is -4.98. The van der Waals surface area contributed by atoms with E-state index in [1.807, 2.05) is 0 Å².